The molecule has 0 aliphatic heterocycles. The van der Waals surface area contributed by atoms with Crippen LogP contribution in [0.25, 0.3) is 0 Å². The molecule has 1 aliphatic rings. The summed E-state index contributed by atoms with van der Waals surface area (Å²) in [5.74, 6) is 1.93. The monoisotopic (exact) mass is 341 g/mol. The number of rotatable bonds is 6. The normalized spacial score (nSPS) is 15.7. The molecule has 1 atom stereocenters. The maximum absolute atomic E-state index is 12.2. The van der Waals surface area contributed by atoms with Gasteiger partial charge in [0.25, 0.3) is 5.91 Å². The quantitative estimate of drug-likeness (QED) is 0.858. The molecule has 3 rings (SSSR count). The van der Waals surface area contributed by atoms with E-state index in [0.29, 0.717) is 17.7 Å². The van der Waals surface area contributed by atoms with Gasteiger partial charge in [0, 0.05) is 6.07 Å². The van der Waals surface area contributed by atoms with Gasteiger partial charge in [-0.3, -0.25) is 4.79 Å². The van der Waals surface area contributed by atoms with E-state index in [1.54, 1.807) is 6.20 Å². The second-order valence-corrected chi connectivity index (χ2v) is 7.85. The second-order valence-electron chi connectivity index (χ2n) is 7.85. The number of nitrogens with zero attached hydrogens (tertiary/aromatic N) is 2. The molecule has 0 saturated heterocycles. The standard InChI is InChI=1S/C20H27N3O2/c1-14(15-5-6-15)23-18(11-12-21-23)22-19(24)13-25-17-9-7-16(8-10-17)20(2,3)4/h7-12,14-15H,5-6,13H2,1-4H3,(H,22,24). The van der Waals surface area contributed by atoms with E-state index < -0.39 is 0 Å². The van der Waals surface area contributed by atoms with E-state index in [1.165, 1.54) is 18.4 Å². The van der Waals surface area contributed by atoms with Crippen LogP contribution in [0.2, 0.25) is 0 Å². The molecule has 1 unspecified atom stereocenters. The van der Waals surface area contributed by atoms with Crippen molar-refractivity contribution < 1.29 is 9.53 Å². The molecule has 1 saturated carbocycles. The highest BCUT2D eigenvalue weighted by molar-refractivity contribution is 5.91. The maximum Gasteiger partial charge on any atom is 0.263 e. The third-order valence-electron chi connectivity index (χ3n) is 4.72. The molecule has 5 nitrogen and oxygen atoms in total. The Morgan fingerprint density at radius 3 is 2.56 bits per heavy atom. The van der Waals surface area contributed by atoms with Gasteiger partial charge in [0.05, 0.1) is 12.2 Å². The highest BCUT2D eigenvalue weighted by Gasteiger charge is 2.30. The largest absolute Gasteiger partial charge is 0.484 e. The van der Waals surface area contributed by atoms with Crippen LogP contribution in [-0.4, -0.2) is 22.3 Å². The molecule has 1 aliphatic carbocycles. The van der Waals surface area contributed by atoms with Crippen LogP contribution in [0.1, 0.15) is 52.1 Å². The molecule has 1 heterocycles. The van der Waals surface area contributed by atoms with Crippen molar-refractivity contribution in [3.05, 3.63) is 42.1 Å². The molecule has 25 heavy (non-hydrogen) atoms. The summed E-state index contributed by atoms with van der Waals surface area (Å²) in [6, 6.07) is 10.0. The first-order valence-corrected chi connectivity index (χ1v) is 8.91. The number of aromatic nitrogens is 2. The van der Waals surface area contributed by atoms with E-state index in [4.69, 9.17) is 4.74 Å². The first-order chi connectivity index (χ1) is 11.8. The Morgan fingerprint density at radius 1 is 1.28 bits per heavy atom. The lowest BCUT2D eigenvalue weighted by atomic mass is 9.87. The lowest BCUT2D eigenvalue weighted by molar-refractivity contribution is -0.118. The molecule has 1 aromatic heterocycles. The Balaban J connectivity index is 1.54. The number of amides is 1. The molecule has 2 aromatic rings. The predicted molar refractivity (Wildman–Crippen MR) is 98.9 cm³/mol. The average molecular weight is 341 g/mol. The van der Waals surface area contributed by atoms with Gasteiger partial charge in [-0.1, -0.05) is 32.9 Å². The number of benzene rings is 1. The summed E-state index contributed by atoms with van der Waals surface area (Å²) < 4.78 is 7.50. The summed E-state index contributed by atoms with van der Waals surface area (Å²) in [4.78, 5) is 12.2. The van der Waals surface area contributed by atoms with Crippen molar-refractivity contribution in [1.82, 2.24) is 9.78 Å². The fraction of sp³-hybridized carbons (Fsp3) is 0.500. The van der Waals surface area contributed by atoms with E-state index in [9.17, 15) is 4.79 Å². The topological polar surface area (TPSA) is 56.2 Å². The molecule has 0 spiro atoms. The van der Waals surface area contributed by atoms with Gasteiger partial charge in [0.2, 0.25) is 0 Å². The van der Waals surface area contributed by atoms with Gasteiger partial charge in [-0.2, -0.15) is 5.10 Å². The number of hydrogen-bond donors (Lipinski definition) is 1. The molecule has 1 fully saturated rings. The van der Waals surface area contributed by atoms with Gasteiger partial charge < -0.3 is 10.1 Å². The number of hydrogen-bond acceptors (Lipinski definition) is 3. The third-order valence-corrected chi connectivity index (χ3v) is 4.72. The third kappa shape index (κ3) is 4.41. The zero-order chi connectivity index (χ0) is 18.0. The highest BCUT2D eigenvalue weighted by Crippen LogP contribution is 2.40. The van der Waals surface area contributed by atoms with Crippen molar-refractivity contribution in [3.63, 3.8) is 0 Å². The van der Waals surface area contributed by atoms with Crippen molar-refractivity contribution in [3.8, 4) is 5.75 Å². The predicted octanol–water partition coefficient (Wildman–Crippen LogP) is 4.17. The van der Waals surface area contributed by atoms with Crippen molar-refractivity contribution in [1.29, 1.82) is 0 Å². The zero-order valence-corrected chi connectivity index (χ0v) is 15.5. The first-order valence-electron chi connectivity index (χ1n) is 8.91. The molecule has 5 heteroatoms. The number of carbonyl (C=O) groups excluding carboxylic acids is 1. The molecule has 1 N–H and O–H groups in total. The Morgan fingerprint density at radius 2 is 1.96 bits per heavy atom. The van der Waals surface area contributed by atoms with Crippen LogP contribution in [0.5, 0.6) is 5.75 Å². The molecule has 1 aromatic carbocycles. The number of anilines is 1. The van der Waals surface area contributed by atoms with Crippen molar-refractivity contribution >= 4 is 11.7 Å². The summed E-state index contributed by atoms with van der Waals surface area (Å²) in [5, 5.41) is 7.24. The SMILES string of the molecule is CC(C1CC1)n1nccc1NC(=O)COc1ccc(C(C)(C)C)cc1. The van der Waals surface area contributed by atoms with Gasteiger partial charge in [-0.25, -0.2) is 4.68 Å². The van der Waals surface area contributed by atoms with Crippen LogP contribution in [0.15, 0.2) is 36.5 Å². The summed E-state index contributed by atoms with van der Waals surface area (Å²) in [6.07, 6.45) is 4.20. The maximum atomic E-state index is 12.2. The van der Waals surface area contributed by atoms with Crippen LogP contribution < -0.4 is 10.1 Å². The van der Waals surface area contributed by atoms with Crippen LogP contribution >= 0.6 is 0 Å². The number of carbonyl (C=O) groups is 1. The van der Waals surface area contributed by atoms with Gasteiger partial charge in [0.15, 0.2) is 6.61 Å². The Hall–Kier alpha value is -2.30. The van der Waals surface area contributed by atoms with Crippen LogP contribution in [0.3, 0.4) is 0 Å². The van der Waals surface area contributed by atoms with E-state index in [2.05, 4.69) is 38.1 Å². The van der Waals surface area contributed by atoms with Crippen molar-refractivity contribution in [2.24, 2.45) is 5.92 Å². The smallest absolute Gasteiger partial charge is 0.263 e. The molecule has 134 valence electrons. The zero-order valence-electron chi connectivity index (χ0n) is 15.5. The average Bonchev–Trinajstić information content (AvgIpc) is 3.32. The van der Waals surface area contributed by atoms with E-state index >= 15 is 0 Å². The number of nitrogens with one attached hydrogen (secondary N) is 1. The van der Waals surface area contributed by atoms with E-state index in [0.717, 1.165) is 5.82 Å². The van der Waals surface area contributed by atoms with E-state index in [-0.39, 0.29) is 17.9 Å². The Labute approximate surface area is 149 Å². The molecule has 1 amide bonds. The Bertz CT molecular complexity index is 724. The molecular weight excluding hydrogens is 314 g/mol. The molecular formula is C20H27N3O2. The second kappa shape index (κ2) is 6.90. The molecule has 0 bridgehead atoms. The minimum absolute atomic E-state index is 0.0160. The van der Waals surface area contributed by atoms with Gasteiger partial charge in [-0.05, 0) is 48.8 Å². The highest BCUT2D eigenvalue weighted by atomic mass is 16.5. The van der Waals surface area contributed by atoms with Crippen LogP contribution in [-0.2, 0) is 10.2 Å². The minimum Gasteiger partial charge on any atom is -0.484 e. The van der Waals surface area contributed by atoms with Gasteiger partial charge >= 0.3 is 0 Å². The summed E-state index contributed by atoms with van der Waals surface area (Å²) >= 11 is 0. The van der Waals surface area contributed by atoms with E-state index in [1.807, 2.05) is 35.0 Å². The van der Waals surface area contributed by atoms with Gasteiger partial charge in [0.1, 0.15) is 11.6 Å². The fourth-order valence-corrected chi connectivity index (χ4v) is 2.90. The summed E-state index contributed by atoms with van der Waals surface area (Å²) in [5.41, 5.74) is 1.34. The lowest BCUT2D eigenvalue weighted by Gasteiger charge is -2.19. The summed E-state index contributed by atoms with van der Waals surface area (Å²) in [7, 11) is 0. The van der Waals surface area contributed by atoms with Crippen molar-refractivity contribution in [2.75, 3.05) is 11.9 Å². The fourth-order valence-electron chi connectivity index (χ4n) is 2.90. The molecule has 0 radical (unpaired) electrons. The first kappa shape index (κ1) is 17.5. The minimum atomic E-state index is -0.176. The Kier molecular flexibility index (Phi) is 4.84. The van der Waals surface area contributed by atoms with Crippen LogP contribution in [0.4, 0.5) is 5.82 Å². The van der Waals surface area contributed by atoms with Crippen LogP contribution in [0, 0.1) is 5.92 Å². The van der Waals surface area contributed by atoms with Crippen molar-refractivity contribution in [2.45, 2.75) is 52.0 Å². The lowest BCUT2D eigenvalue weighted by Crippen LogP contribution is -2.23. The summed E-state index contributed by atoms with van der Waals surface area (Å²) in [6.45, 7) is 8.64. The van der Waals surface area contributed by atoms with Gasteiger partial charge in [-0.15, -0.1) is 0 Å². The number of ether oxygens (including phenoxy) is 1.